The Morgan fingerprint density at radius 3 is 2.33 bits per heavy atom. The third kappa shape index (κ3) is 5.22. The number of pyridine rings is 1. The molecule has 7 nitrogen and oxygen atoms in total. The molecule has 1 aromatic heterocycles. The normalized spacial score (nSPS) is 17.8. The second-order valence-electron chi connectivity index (χ2n) is 7.48. The summed E-state index contributed by atoms with van der Waals surface area (Å²) >= 11 is 0. The van der Waals surface area contributed by atoms with Crippen molar-refractivity contribution in [1.82, 2.24) is 14.8 Å². The van der Waals surface area contributed by atoms with Crippen LogP contribution in [0.5, 0.6) is 0 Å². The van der Waals surface area contributed by atoms with Gasteiger partial charge in [-0.3, -0.25) is 4.90 Å². The Morgan fingerprint density at radius 2 is 1.70 bits per heavy atom. The number of ether oxygens (including phenoxy) is 1. The molecule has 30 heavy (non-hydrogen) atoms. The zero-order valence-corrected chi connectivity index (χ0v) is 16.7. The molecular weight excluding hydrogens is 392 g/mol. The van der Waals surface area contributed by atoms with Crippen LogP contribution in [-0.4, -0.2) is 73.3 Å². The summed E-state index contributed by atoms with van der Waals surface area (Å²) in [5.41, 5.74) is 1.24. The third-order valence-corrected chi connectivity index (χ3v) is 5.32. The predicted molar refractivity (Wildman–Crippen MR) is 109 cm³/mol. The first kappa shape index (κ1) is 20.5. The Hall–Kier alpha value is -2.78. The number of hydrogen-bond donors (Lipinski definition) is 1. The second kappa shape index (κ2) is 9.36. The van der Waals surface area contributed by atoms with Crippen LogP contribution in [0.1, 0.15) is 5.56 Å². The molecule has 0 saturated carbocycles. The van der Waals surface area contributed by atoms with Crippen LogP contribution in [0.15, 0.2) is 36.5 Å². The molecule has 0 atom stereocenters. The van der Waals surface area contributed by atoms with E-state index in [1.165, 1.54) is 12.1 Å². The number of aromatic nitrogens is 1. The van der Waals surface area contributed by atoms with Gasteiger partial charge in [-0.05, 0) is 29.8 Å². The van der Waals surface area contributed by atoms with E-state index < -0.39 is 11.6 Å². The SMILES string of the molecule is O=C(Nc1ccc(N2CCOCC2)nc1)N1CCN(Cc2cc(F)cc(F)c2)CC1. The number of carbonyl (C=O) groups is 1. The van der Waals surface area contributed by atoms with Gasteiger partial charge in [0, 0.05) is 51.9 Å². The zero-order chi connectivity index (χ0) is 20.9. The van der Waals surface area contributed by atoms with Crippen molar-refractivity contribution < 1.29 is 18.3 Å². The highest BCUT2D eigenvalue weighted by atomic mass is 19.1. The Balaban J connectivity index is 1.26. The Morgan fingerprint density at radius 1 is 1.00 bits per heavy atom. The average molecular weight is 417 g/mol. The number of nitrogens with zero attached hydrogens (tertiary/aromatic N) is 4. The smallest absolute Gasteiger partial charge is 0.321 e. The molecule has 0 radical (unpaired) electrons. The molecule has 2 amide bonds. The van der Waals surface area contributed by atoms with Gasteiger partial charge in [0.25, 0.3) is 0 Å². The van der Waals surface area contributed by atoms with Gasteiger partial charge in [0.1, 0.15) is 17.5 Å². The number of nitrogens with one attached hydrogen (secondary N) is 1. The molecule has 0 unspecified atom stereocenters. The van der Waals surface area contributed by atoms with Crippen LogP contribution in [0.3, 0.4) is 0 Å². The number of rotatable bonds is 4. The minimum Gasteiger partial charge on any atom is -0.378 e. The predicted octanol–water partition coefficient (Wildman–Crippen LogP) is 2.55. The van der Waals surface area contributed by atoms with Crippen molar-refractivity contribution in [2.45, 2.75) is 6.54 Å². The quantitative estimate of drug-likeness (QED) is 0.829. The number of carbonyl (C=O) groups excluding carboxylic acids is 1. The van der Waals surface area contributed by atoms with Crippen LogP contribution >= 0.6 is 0 Å². The molecular formula is C21H25F2N5O2. The third-order valence-electron chi connectivity index (χ3n) is 5.32. The van der Waals surface area contributed by atoms with Crippen molar-refractivity contribution in [1.29, 1.82) is 0 Å². The molecule has 160 valence electrons. The molecule has 9 heteroatoms. The Bertz CT molecular complexity index is 846. The van der Waals surface area contributed by atoms with E-state index in [1.54, 1.807) is 11.1 Å². The number of amides is 2. The fraction of sp³-hybridized carbons (Fsp3) is 0.429. The van der Waals surface area contributed by atoms with Gasteiger partial charge in [-0.25, -0.2) is 18.6 Å². The number of urea groups is 1. The summed E-state index contributed by atoms with van der Waals surface area (Å²) in [6.07, 6.45) is 1.66. The van der Waals surface area contributed by atoms with Crippen LogP contribution in [0.25, 0.3) is 0 Å². The fourth-order valence-corrected chi connectivity index (χ4v) is 3.71. The van der Waals surface area contributed by atoms with E-state index in [2.05, 4.69) is 20.1 Å². The molecule has 0 aliphatic carbocycles. The van der Waals surface area contributed by atoms with Crippen molar-refractivity contribution in [3.63, 3.8) is 0 Å². The molecule has 1 N–H and O–H groups in total. The van der Waals surface area contributed by atoms with Crippen molar-refractivity contribution in [2.75, 3.05) is 62.7 Å². The lowest BCUT2D eigenvalue weighted by molar-refractivity contribution is 0.122. The average Bonchev–Trinajstić information content (AvgIpc) is 2.75. The van der Waals surface area contributed by atoms with Gasteiger partial charge in [0.15, 0.2) is 0 Å². The van der Waals surface area contributed by atoms with Gasteiger partial charge in [0.2, 0.25) is 0 Å². The number of piperazine rings is 1. The van der Waals surface area contributed by atoms with Gasteiger partial charge >= 0.3 is 6.03 Å². The van der Waals surface area contributed by atoms with E-state index in [0.29, 0.717) is 57.2 Å². The molecule has 2 aromatic rings. The van der Waals surface area contributed by atoms with Crippen LogP contribution in [0.2, 0.25) is 0 Å². The van der Waals surface area contributed by atoms with Crippen LogP contribution < -0.4 is 10.2 Å². The molecule has 2 aliphatic heterocycles. The second-order valence-corrected chi connectivity index (χ2v) is 7.48. The molecule has 2 aliphatic rings. The number of hydrogen-bond acceptors (Lipinski definition) is 5. The Kier molecular flexibility index (Phi) is 6.39. The van der Waals surface area contributed by atoms with Crippen LogP contribution in [0, 0.1) is 11.6 Å². The molecule has 2 fully saturated rings. The number of halogens is 2. The molecule has 4 rings (SSSR count). The van der Waals surface area contributed by atoms with Gasteiger partial charge < -0.3 is 19.9 Å². The zero-order valence-electron chi connectivity index (χ0n) is 16.7. The maximum atomic E-state index is 13.4. The summed E-state index contributed by atoms with van der Waals surface area (Å²) in [5, 5.41) is 2.88. The molecule has 1 aromatic carbocycles. The van der Waals surface area contributed by atoms with Crippen molar-refractivity contribution in [2.24, 2.45) is 0 Å². The summed E-state index contributed by atoms with van der Waals surface area (Å²) in [4.78, 5) is 23.0. The first-order valence-corrected chi connectivity index (χ1v) is 10.1. The largest absolute Gasteiger partial charge is 0.378 e. The van der Waals surface area contributed by atoms with Gasteiger partial charge in [-0.15, -0.1) is 0 Å². The maximum absolute atomic E-state index is 13.4. The summed E-state index contributed by atoms with van der Waals surface area (Å²) in [6, 6.07) is 7.13. The molecule has 0 bridgehead atoms. The molecule has 0 spiro atoms. The van der Waals surface area contributed by atoms with Crippen LogP contribution in [0.4, 0.5) is 25.1 Å². The van der Waals surface area contributed by atoms with Crippen molar-refractivity contribution >= 4 is 17.5 Å². The summed E-state index contributed by atoms with van der Waals surface area (Å²) in [5.74, 6) is -0.272. The lowest BCUT2D eigenvalue weighted by atomic mass is 10.2. The first-order chi connectivity index (χ1) is 14.6. The van der Waals surface area contributed by atoms with E-state index >= 15 is 0 Å². The fourth-order valence-electron chi connectivity index (χ4n) is 3.71. The lowest BCUT2D eigenvalue weighted by Gasteiger charge is -2.34. The highest BCUT2D eigenvalue weighted by molar-refractivity contribution is 5.89. The Labute approximate surface area is 174 Å². The van der Waals surface area contributed by atoms with Crippen LogP contribution in [-0.2, 0) is 11.3 Å². The monoisotopic (exact) mass is 417 g/mol. The molecule has 3 heterocycles. The van der Waals surface area contributed by atoms with E-state index in [1.807, 2.05) is 12.1 Å². The van der Waals surface area contributed by atoms with E-state index in [-0.39, 0.29) is 6.03 Å². The van der Waals surface area contributed by atoms with Gasteiger partial charge in [-0.2, -0.15) is 0 Å². The number of morpholine rings is 1. The van der Waals surface area contributed by atoms with Gasteiger partial charge in [-0.1, -0.05) is 0 Å². The van der Waals surface area contributed by atoms with Crippen molar-refractivity contribution in [3.05, 3.63) is 53.7 Å². The molecule has 2 saturated heterocycles. The standard InChI is InChI=1S/C21H25F2N5O2/c22-17-11-16(12-18(23)13-17)15-26-3-5-28(6-4-26)21(29)25-19-1-2-20(24-14-19)27-7-9-30-10-8-27/h1-2,11-14H,3-10,15H2,(H,25,29). The highest BCUT2D eigenvalue weighted by Gasteiger charge is 2.22. The first-order valence-electron chi connectivity index (χ1n) is 10.1. The topological polar surface area (TPSA) is 60.9 Å². The van der Waals surface area contributed by atoms with E-state index in [0.717, 1.165) is 25.0 Å². The van der Waals surface area contributed by atoms with E-state index in [9.17, 15) is 13.6 Å². The summed E-state index contributed by atoms with van der Waals surface area (Å²) in [7, 11) is 0. The number of anilines is 2. The summed E-state index contributed by atoms with van der Waals surface area (Å²) in [6.45, 7) is 5.83. The van der Waals surface area contributed by atoms with Gasteiger partial charge in [0.05, 0.1) is 25.1 Å². The minimum absolute atomic E-state index is 0.174. The van der Waals surface area contributed by atoms with Crippen molar-refractivity contribution in [3.8, 4) is 0 Å². The minimum atomic E-state index is -0.573. The number of benzene rings is 1. The lowest BCUT2D eigenvalue weighted by Crippen LogP contribution is -2.49. The summed E-state index contributed by atoms with van der Waals surface area (Å²) < 4.78 is 32.1. The van der Waals surface area contributed by atoms with E-state index in [4.69, 9.17) is 4.74 Å². The highest BCUT2D eigenvalue weighted by Crippen LogP contribution is 2.17. The maximum Gasteiger partial charge on any atom is 0.321 e.